The van der Waals surface area contributed by atoms with E-state index in [4.69, 9.17) is 9.47 Å². The number of allylic oxidation sites excluding steroid dienone is 2. The van der Waals surface area contributed by atoms with Crippen LogP contribution >= 0.6 is 0 Å². The molecule has 2 aromatic carbocycles. The number of hydrogen-bond acceptors (Lipinski definition) is 5. The van der Waals surface area contributed by atoms with Crippen LogP contribution in [-0.2, 0) is 23.9 Å². The summed E-state index contributed by atoms with van der Waals surface area (Å²) >= 11 is 0. The summed E-state index contributed by atoms with van der Waals surface area (Å²) in [5.74, 6) is -3.45. The first-order valence-electron chi connectivity index (χ1n) is 10.3. The molecule has 5 atom stereocenters. The number of esters is 2. The number of para-hydroxylation sites is 1. The Labute approximate surface area is 181 Å². The fraction of sp³-hybridized carbons (Fsp3) is 0.320. The van der Waals surface area contributed by atoms with Crippen molar-refractivity contribution in [1.29, 1.82) is 0 Å². The van der Waals surface area contributed by atoms with Gasteiger partial charge in [0.05, 0.1) is 38.0 Å². The number of amides is 1. The summed E-state index contributed by atoms with van der Waals surface area (Å²) in [6.07, 6.45) is 4.14. The number of carbonyl (C=O) groups is 3. The third-order valence-electron chi connectivity index (χ3n) is 6.30. The summed E-state index contributed by atoms with van der Waals surface area (Å²) in [5.41, 5.74) is 1.78. The Morgan fingerprint density at radius 1 is 0.903 bits per heavy atom. The molecule has 1 aliphatic carbocycles. The molecule has 2 aromatic rings. The van der Waals surface area contributed by atoms with E-state index in [1.807, 2.05) is 72.8 Å². The van der Waals surface area contributed by atoms with Gasteiger partial charge in [-0.25, -0.2) is 0 Å². The molecule has 0 spiro atoms. The lowest BCUT2D eigenvalue weighted by Gasteiger charge is -2.52. The number of rotatable bonds is 5. The van der Waals surface area contributed by atoms with Crippen molar-refractivity contribution in [3.63, 3.8) is 0 Å². The van der Waals surface area contributed by atoms with Crippen LogP contribution in [0.2, 0.25) is 0 Å². The van der Waals surface area contributed by atoms with Crippen LogP contribution in [0.1, 0.15) is 18.0 Å². The molecule has 0 unspecified atom stereocenters. The Morgan fingerprint density at radius 3 is 2.13 bits per heavy atom. The predicted octanol–water partition coefficient (Wildman–Crippen LogP) is 3.55. The van der Waals surface area contributed by atoms with Gasteiger partial charge in [0.15, 0.2) is 0 Å². The highest BCUT2D eigenvalue weighted by Gasteiger charge is 2.57. The number of benzene rings is 2. The summed E-state index contributed by atoms with van der Waals surface area (Å²) < 4.78 is 9.99. The maximum absolute atomic E-state index is 13.5. The van der Waals surface area contributed by atoms with Crippen molar-refractivity contribution in [2.45, 2.75) is 12.5 Å². The van der Waals surface area contributed by atoms with Gasteiger partial charge in [0.2, 0.25) is 5.91 Å². The van der Waals surface area contributed by atoms with Crippen LogP contribution in [0.15, 0.2) is 72.8 Å². The van der Waals surface area contributed by atoms with Gasteiger partial charge < -0.3 is 14.4 Å². The fourth-order valence-electron chi connectivity index (χ4n) is 4.88. The normalized spacial score (nSPS) is 27.4. The standard InChI is InChI=1S/C25H25NO5/c1-30-24(28)19-15-9-14-18(20(19)25(29)31-2)21-22(16-10-5-3-6-11-16)26(23(21)27)17-12-7-4-8-13-17/h3-14,18-22H,15H2,1-2H3/t18-,19+,20+,21-,22-/m1/s1. The first-order valence-corrected chi connectivity index (χ1v) is 10.3. The lowest BCUT2D eigenvalue weighted by molar-refractivity contribution is -0.162. The van der Waals surface area contributed by atoms with Gasteiger partial charge >= 0.3 is 11.9 Å². The minimum atomic E-state index is -0.777. The number of β-lactam (4-membered cyclic amide) rings is 1. The number of carbonyl (C=O) groups excluding carboxylic acids is 3. The largest absolute Gasteiger partial charge is 0.469 e. The Morgan fingerprint density at radius 2 is 1.52 bits per heavy atom. The quantitative estimate of drug-likeness (QED) is 0.421. The highest BCUT2D eigenvalue weighted by atomic mass is 16.5. The molecule has 6 heteroatoms. The molecule has 1 heterocycles. The zero-order chi connectivity index (χ0) is 22.0. The number of nitrogens with zero attached hydrogens (tertiary/aromatic N) is 1. The fourth-order valence-corrected chi connectivity index (χ4v) is 4.88. The molecule has 6 nitrogen and oxygen atoms in total. The van der Waals surface area contributed by atoms with Gasteiger partial charge in [0.25, 0.3) is 0 Å². The van der Waals surface area contributed by atoms with Crippen LogP contribution < -0.4 is 4.90 Å². The van der Waals surface area contributed by atoms with Crippen LogP contribution in [0.4, 0.5) is 5.69 Å². The molecule has 1 aliphatic heterocycles. The number of hydrogen-bond donors (Lipinski definition) is 0. The summed E-state index contributed by atoms with van der Waals surface area (Å²) in [6, 6.07) is 19.0. The molecule has 0 N–H and O–H groups in total. The zero-order valence-corrected chi connectivity index (χ0v) is 17.5. The van der Waals surface area contributed by atoms with Crippen molar-refractivity contribution in [2.24, 2.45) is 23.7 Å². The Hall–Kier alpha value is -3.41. The SMILES string of the molecule is COC(=O)[C@H]1[C@H]([C@H]2C(=O)N(c3ccccc3)[C@@H]2c2ccccc2)C=CC[C@@H]1C(=O)OC. The van der Waals surface area contributed by atoms with Crippen molar-refractivity contribution in [2.75, 3.05) is 19.1 Å². The minimum Gasteiger partial charge on any atom is -0.469 e. The van der Waals surface area contributed by atoms with Crippen LogP contribution in [0, 0.1) is 23.7 Å². The molecule has 0 saturated carbocycles. The molecule has 0 radical (unpaired) electrons. The second-order valence-electron chi connectivity index (χ2n) is 7.84. The smallest absolute Gasteiger partial charge is 0.310 e. The molecule has 1 fully saturated rings. The minimum absolute atomic E-state index is 0.0749. The Balaban J connectivity index is 1.76. The van der Waals surface area contributed by atoms with Gasteiger partial charge in [0, 0.05) is 11.6 Å². The van der Waals surface area contributed by atoms with Gasteiger partial charge in [-0.05, 0) is 24.1 Å². The highest BCUT2D eigenvalue weighted by molar-refractivity contribution is 6.04. The topological polar surface area (TPSA) is 72.9 Å². The molecule has 1 saturated heterocycles. The van der Waals surface area contributed by atoms with Gasteiger partial charge in [-0.3, -0.25) is 14.4 Å². The molecule has 1 amide bonds. The first-order chi connectivity index (χ1) is 15.1. The molecular formula is C25H25NO5. The van der Waals surface area contributed by atoms with E-state index >= 15 is 0 Å². The third kappa shape index (κ3) is 3.63. The van der Waals surface area contributed by atoms with Crippen LogP contribution in [0.25, 0.3) is 0 Å². The molecule has 160 valence electrons. The van der Waals surface area contributed by atoms with E-state index < -0.39 is 35.6 Å². The lowest BCUT2D eigenvalue weighted by Crippen LogP contribution is -2.60. The summed E-state index contributed by atoms with van der Waals surface area (Å²) in [4.78, 5) is 40.4. The van der Waals surface area contributed by atoms with Gasteiger partial charge in [-0.1, -0.05) is 60.7 Å². The summed E-state index contributed by atoms with van der Waals surface area (Å²) in [6.45, 7) is 0. The van der Waals surface area contributed by atoms with Gasteiger partial charge in [0.1, 0.15) is 0 Å². The van der Waals surface area contributed by atoms with Crippen molar-refractivity contribution >= 4 is 23.5 Å². The Kier molecular flexibility index (Phi) is 5.89. The maximum Gasteiger partial charge on any atom is 0.310 e. The second kappa shape index (κ2) is 8.76. The van der Waals surface area contributed by atoms with E-state index in [1.54, 1.807) is 4.90 Å². The molecule has 31 heavy (non-hydrogen) atoms. The molecule has 0 bridgehead atoms. The van der Waals surface area contributed by atoms with Crippen LogP contribution in [0.5, 0.6) is 0 Å². The number of methoxy groups -OCH3 is 2. The van der Waals surface area contributed by atoms with Crippen molar-refractivity contribution in [3.05, 3.63) is 78.4 Å². The predicted molar refractivity (Wildman–Crippen MR) is 115 cm³/mol. The lowest BCUT2D eigenvalue weighted by atomic mass is 9.64. The van der Waals surface area contributed by atoms with Crippen LogP contribution in [-0.4, -0.2) is 32.1 Å². The average molecular weight is 419 g/mol. The second-order valence-corrected chi connectivity index (χ2v) is 7.84. The first kappa shape index (κ1) is 20.8. The van der Waals surface area contributed by atoms with Crippen molar-refractivity contribution in [3.8, 4) is 0 Å². The van der Waals surface area contributed by atoms with E-state index in [-0.39, 0.29) is 11.9 Å². The third-order valence-corrected chi connectivity index (χ3v) is 6.30. The van der Waals surface area contributed by atoms with E-state index in [0.29, 0.717) is 6.42 Å². The van der Waals surface area contributed by atoms with E-state index in [2.05, 4.69) is 0 Å². The zero-order valence-electron chi connectivity index (χ0n) is 17.5. The molecule has 4 rings (SSSR count). The average Bonchev–Trinajstić information content (AvgIpc) is 2.82. The van der Waals surface area contributed by atoms with E-state index in [9.17, 15) is 14.4 Å². The molecule has 0 aromatic heterocycles. The molecule has 2 aliphatic rings. The van der Waals surface area contributed by atoms with E-state index in [0.717, 1.165) is 11.3 Å². The van der Waals surface area contributed by atoms with Crippen LogP contribution in [0.3, 0.4) is 0 Å². The van der Waals surface area contributed by atoms with E-state index in [1.165, 1.54) is 14.2 Å². The van der Waals surface area contributed by atoms with Crippen molar-refractivity contribution < 1.29 is 23.9 Å². The van der Waals surface area contributed by atoms with Crippen molar-refractivity contribution in [1.82, 2.24) is 0 Å². The van der Waals surface area contributed by atoms with Gasteiger partial charge in [-0.2, -0.15) is 0 Å². The summed E-state index contributed by atoms with van der Waals surface area (Å²) in [5, 5.41) is 0. The molecular weight excluding hydrogens is 394 g/mol. The summed E-state index contributed by atoms with van der Waals surface area (Å²) in [7, 11) is 2.61. The van der Waals surface area contributed by atoms with Gasteiger partial charge in [-0.15, -0.1) is 0 Å². The monoisotopic (exact) mass is 419 g/mol. The highest BCUT2D eigenvalue weighted by Crippen LogP contribution is 2.51. The Bertz CT molecular complexity index is 987. The number of ether oxygens (including phenoxy) is 2. The number of anilines is 1. The maximum atomic E-state index is 13.5.